The number of ether oxygens (including phenoxy) is 1. The van der Waals surface area contributed by atoms with Crippen LogP contribution >= 0.6 is 0 Å². The smallest absolute Gasteiger partial charge is 0.303 e. The number of carboxylic acid groups (broad SMARTS) is 1. The van der Waals surface area contributed by atoms with Crippen LogP contribution in [0.4, 0.5) is 0 Å². The summed E-state index contributed by atoms with van der Waals surface area (Å²) >= 11 is 0. The molecule has 4 heteroatoms. The van der Waals surface area contributed by atoms with Gasteiger partial charge in [-0.15, -0.1) is 0 Å². The molecule has 0 atom stereocenters. The van der Waals surface area contributed by atoms with Gasteiger partial charge in [-0.25, -0.2) is 0 Å². The van der Waals surface area contributed by atoms with Crippen LogP contribution in [0.5, 0.6) is 0 Å². The summed E-state index contributed by atoms with van der Waals surface area (Å²) in [4.78, 5) is 10.7. The maximum absolute atomic E-state index is 10.7. The number of rotatable bonds is 14. The monoisotopic (exact) mass is 316 g/mol. The zero-order chi connectivity index (χ0) is 17.1. The number of hydrogen-bond donors (Lipinski definition) is 2. The van der Waals surface area contributed by atoms with E-state index in [-0.39, 0.29) is 23.9 Å². The number of aliphatic hydroxyl groups excluding tert-OH is 1. The first-order valence-corrected chi connectivity index (χ1v) is 8.59. The lowest BCUT2D eigenvalue weighted by Crippen LogP contribution is -2.16. The van der Waals surface area contributed by atoms with Gasteiger partial charge < -0.3 is 14.9 Å². The molecule has 0 radical (unpaired) electrons. The van der Waals surface area contributed by atoms with E-state index in [1.807, 2.05) is 13.8 Å². The van der Waals surface area contributed by atoms with Gasteiger partial charge in [-0.05, 0) is 42.9 Å². The van der Waals surface area contributed by atoms with Gasteiger partial charge in [0.1, 0.15) is 0 Å². The van der Waals surface area contributed by atoms with Gasteiger partial charge in [0.05, 0.1) is 6.42 Å². The van der Waals surface area contributed by atoms with Crippen LogP contribution in [0.25, 0.3) is 0 Å². The van der Waals surface area contributed by atoms with E-state index >= 15 is 0 Å². The van der Waals surface area contributed by atoms with E-state index in [9.17, 15) is 4.79 Å². The van der Waals surface area contributed by atoms with E-state index in [0.717, 1.165) is 58.2 Å². The fourth-order valence-electron chi connectivity index (χ4n) is 2.64. The van der Waals surface area contributed by atoms with Gasteiger partial charge in [-0.2, -0.15) is 0 Å². The molecule has 0 saturated carbocycles. The first-order valence-electron chi connectivity index (χ1n) is 8.59. The van der Waals surface area contributed by atoms with Gasteiger partial charge in [0.15, 0.2) is 0 Å². The van der Waals surface area contributed by atoms with Gasteiger partial charge in [0, 0.05) is 19.8 Å². The van der Waals surface area contributed by atoms with Crippen molar-refractivity contribution in [2.24, 2.45) is 10.8 Å². The van der Waals surface area contributed by atoms with Crippen molar-refractivity contribution in [1.82, 2.24) is 0 Å². The Morgan fingerprint density at radius 1 is 0.864 bits per heavy atom. The molecule has 0 aliphatic heterocycles. The molecule has 0 unspecified atom stereocenters. The Morgan fingerprint density at radius 3 is 1.82 bits per heavy atom. The average molecular weight is 316 g/mol. The highest BCUT2D eigenvalue weighted by atomic mass is 16.5. The van der Waals surface area contributed by atoms with E-state index in [4.69, 9.17) is 14.9 Å². The number of carbonyl (C=O) groups is 1. The van der Waals surface area contributed by atoms with Crippen molar-refractivity contribution in [1.29, 1.82) is 0 Å². The topological polar surface area (TPSA) is 66.8 Å². The molecule has 0 aliphatic rings. The second kappa shape index (κ2) is 11.0. The molecule has 0 spiro atoms. The maximum atomic E-state index is 10.7. The molecule has 0 aromatic heterocycles. The largest absolute Gasteiger partial charge is 0.481 e. The third-order valence-corrected chi connectivity index (χ3v) is 4.20. The van der Waals surface area contributed by atoms with Crippen molar-refractivity contribution in [2.45, 2.75) is 79.1 Å². The summed E-state index contributed by atoms with van der Waals surface area (Å²) < 4.78 is 5.64. The van der Waals surface area contributed by atoms with Crippen molar-refractivity contribution in [3.63, 3.8) is 0 Å². The normalized spacial score (nSPS) is 12.6. The van der Waals surface area contributed by atoms with Crippen LogP contribution in [-0.4, -0.2) is 36.0 Å². The fraction of sp³-hybridized carbons (Fsp3) is 0.944. The molecule has 0 aromatic rings. The fourth-order valence-corrected chi connectivity index (χ4v) is 2.64. The quantitative estimate of drug-likeness (QED) is 0.470. The molecule has 0 bridgehead atoms. The highest BCUT2D eigenvalue weighted by Gasteiger charge is 2.20. The number of aliphatic hydroxyl groups is 1. The van der Waals surface area contributed by atoms with Crippen molar-refractivity contribution in [3.05, 3.63) is 0 Å². The number of aliphatic carboxylic acids is 1. The molecule has 0 saturated heterocycles. The summed E-state index contributed by atoms with van der Waals surface area (Å²) in [5.41, 5.74) is 0.106. The summed E-state index contributed by atoms with van der Waals surface area (Å²) in [6.07, 6.45) is 7.37. The molecule has 0 aliphatic carbocycles. The van der Waals surface area contributed by atoms with Crippen molar-refractivity contribution >= 4 is 5.97 Å². The van der Waals surface area contributed by atoms with Gasteiger partial charge in [0.25, 0.3) is 0 Å². The van der Waals surface area contributed by atoms with E-state index < -0.39 is 5.97 Å². The molecule has 0 aromatic carbocycles. The second-order valence-electron chi connectivity index (χ2n) is 7.90. The standard InChI is InChI=1S/C18H36O4/c1-17(2,11-12-19)9-5-7-13-22-14-8-6-10-18(3,4)15-16(20)21/h19H,5-15H2,1-4H3,(H,20,21). The highest BCUT2D eigenvalue weighted by molar-refractivity contribution is 5.67. The molecule has 2 N–H and O–H groups in total. The average Bonchev–Trinajstić information content (AvgIpc) is 2.34. The number of carboxylic acids is 1. The third-order valence-electron chi connectivity index (χ3n) is 4.20. The lowest BCUT2D eigenvalue weighted by atomic mass is 9.84. The van der Waals surface area contributed by atoms with Crippen LogP contribution in [0, 0.1) is 10.8 Å². The van der Waals surface area contributed by atoms with E-state index in [1.54, 1.807) is 0 Å². The lowest BCUT2D eigenvalue weighted by Gasteiger charge is -2.23. The molecule has 0 fully saturated rings. The van der Waals surface area contributed by atoms with Crippen LogP contribution in [-0.2, 0) is 9.53 Å². The Bertz CT molecular complexity index is 297. The Morgan fingerprint density at radius 2 is 1.36 bits per heavy atom. The minimum absolute atomic E-state index is 0.121. The van der Waals surface area contributed by atoms with Crippen molar-refractivity contribution in [2.75, 3.05) is 19.8 Å². The predicted molar refractivity (Wildman–Crippen MR) is 90.0 cm³/mol. The van der Waals surface area contributed by atoms with Crippen LogP contribution in [0.2, 0.25) is 0 Å². The molecule has 0 amide bonds. The van der Waals surface area contributed by atoms with E-state index in [2.05, 4.69) is 13.8 Å². The first-order chi connectivity index (χ1) is 10.2. The molecule has 0 rings (SSSR count). The van der Waals surface area contributed by atoms with Crippen molar-refractivity contribution in [3.8, 4) is 0 Å². The summed E-state index contributed by atoms with van der Waals surface area (Å²) in [5, 5.41) is 17.8. The van der Waals surface area contributed by atoms with E-state index in [0.29, 0.717) is 0 Å². The van der Waals surface area contributed by atoms with Crippen LogP contribution in [0.1, 0.15) is 79.1 Å². The first kappa shape index (κ1) is 21.4. The molecular formula is C18H36O4. The van der Waals surface area contributed by atoms with Crippen LogP contribution in [0.3, 0.4) is 0 Å². The van der Waals surface area contributed by atoms with Crippen molar-refractivity contribution < 1.29 is 19.7 Å². The predicted octanol–water partition coefficient (Wildman–Crippen LogP) is 4.25. The molecule has 4 nitrogen and oxygen atoms in total. The summed E-state index contributed by atoms with van der Waals surface area (Å²) in [6.45, 7) is 10.2. The van der Waals surface area contributed by atoms with Gasteiger partial charge >= 0.3 is 5.97 Å². The number of hydrogen-bond acceptors (Lipinski definition) is 3. The molecule has 132 valence electrons. The Labute approximate surface area is 136 Å². The van der Waals surface area contributed by atoms with Gasteiger partial charge in [0.2, 0.25) is 0 Å². The SMILES string of the molecule is CC(C)(CCO)CCCCOCCCCC(C)(C)CC(=O)O. The molecular weight excluding hydrogens is 280 g/mol. The molecule has 22 heavy (non-hydrogen) atoms. The summed E-state index contributed by atoms with van der Waals surface area (Å²) in [6, 6.07) is 0. The van der Waals surface area contributed by atoms with E-state index in [1.165, 1.54) is 0 Å². The lowest BCUT2D eigenvalue weighted by molar-refractivity contribution is -0.139. The Kier molecular flexibility index (Phi) is 10.7. The third kappa shape index (κ3) is 13.1. The Balaban J connectivity index is 3.46. The maximum Gasteiger partial charge on any atom is 0.303 e. The molecule has 0 heterocycles. The second-order valence-corrected chi connectivity index (χ2v) is 7.90. The van der Waals surface area contributed by atoms with Crippen LogP contribution in [0.15, 0.2) is 0 Å². The zero-order valence-electron chi connectivity index (χ0n) is 15.0. The Hall–Kier alpha value is -0.610. The minimum atomic E-state index is -0.717. The summed E-state index contributed by atoms with van der Waals surface area (Å²) in [7, 11) is 0. The summed E-state index contributed by atoms with van der Waals surface area (Å²) in [5.74, 6) is -0.717. The highest BCUT2D eigenvalue weighted by Crippen LogP contribution is 2.28. The zero-order valence-corrected chi connectivity index (χ0v) is 15.0. The minimum Gasteiger partial charge on any atom is -0.481 e. The van der Waals surface area contributed by atoms with Crippen LogP contribution < -0.4 is 0 Å². The van der Waals surface area contributed by atoms with Gasteiger partial charge in [-0.1, -0.05) is 40.5 Å². The number of unbranched alkanes of at least 4 members (excludes halogenated alkanes) is 2. The van der Waals surface area contributed by atoms with Gasteiger partial charge in [-0.3, -0.25) is 4.79 Å².